The number of sulfonamides is 1. The van der Waals surface area contributed by atoms with Crippen molar-refractivity contribution < 1.29 is 13.2 Å². The maximum absolute atomic E-state index is 12.9. The lowest BCUT2D eigenvalue weighted by Crippen LogP contribution is -2.54. The number of amides is 1. The summed E-state index contributed by atoms with van der Waals surface area (Å²) in [7, 11) is -3.47. The Kier molecular flexibility index (Phi) is 4.94. The zero-order valence-corrected chi connectivity index (χ0v) is 14.9. The van der Waals surface area contributed by atoms with Crippen LogP contribution in [0.1, 0.15) is 30.9 Å². The molecule has 0 saturated carbocycles. The van der Waals surface area contributed by atoms with Crippen molar-refractivity contribution in [1.82, 2.24) is 9.21 Å². The normalized spacial score (nSPS) is 21.2. The number of carbonyl (C=O) groups excluding carboxylic acids is 1. The largest absolute Gasteiger partial charge is 0.368 e. The van der Waals surface area contributed by atoms with E-state index in [1.807, 2.05) is 17.0 Å². The van der Waals surface area contributed by atoms with E-state index in [-0.39, 0.29) is 11.9 Å². The summed E-state index contributed by atoms with van der Waals surface area (Å²) in [5, 5.41) is 0. The van der Waals surface area contributed by atoms with E-state index in [4.69, 9.17) is 5.73 Å². The van der Waals surface area contributed by atoms with Crippen LogP contribution in [0.5, 0.6) is 0 Å². The van der Waals surface area contributed by atoms with Crippen molar-refractivity contribution in [2.24, 2.45) is 5.73 Å². The maximum atomic E-state index is 12.9. The van der Waals surface area contributed by atoms with Gasteiger partial charge < -0.3 is 5.73 Å². The minimum Gasteiger partial charge on any atom is -0.368 e. The Balaban J connectivity index is 1.74. The van der Waals surface area contributed by atoms with Crippen molar-refractivity contribution in [2.45, 2.75) is 43.5 Å². The molecular formula is C17H25N3O3S. The Morgan fingerprint density at radius 1 is 1.08 bits per heavy atom. The Hall–Kier alpha value is -1.44. The first kappa shape index (κ1) is 17.4. The standard InChI is InChI=1S/C17H25N3O3S/c1-13(17(18)21)19-8-10-20(11-9-19)24(22,23)16-7-6-14-4-2-3-5-15(14)12-16/h6-7,12-13H,2-5,8-11H2,1H3,(H2,18,21)/t13-/m0/s1. The zero-order chi connectivity index (χ0) is 17.3. The number of nitrogens with zero attached hydrogens (tertiary/aromatic N) is 2. The number of rotatable bonds is 4. The Morgan fingerprint density at radius 3 is 2.33 bits per heavy atom. The average molecular weight is 351 g/mol. The van der Waals surface area contributed by atoms with E-state index in [9.17, 15) is 13.2 Å². The van der Waals surface area contributed by atoms with Gasteiger partial charge >= 0.3 is 0 Å². The summed E-state index contributed by atoms with van der Waals surface area (Å²) in [6.07, 6.45) is 4.31. The molecule has 1 heterocycles. The number of fused-ring (bicyclic) bond motifs is 1. The Bertz CT molecular complexity index is 725. The van der Waals surface area contributed by atoms with Crippen molar-refractivity contribution in [1.29, 1.82) is 0 Å². The molecule has 0 bridgehead atoms. The van der Waals surface area contributed by atoms with Crippen LogP contribution in [-0.4, -0.2) is 55.8 Å². The van der Waals surface area contributed by atoms with Crippen LogP contribution in [0.4, 0.5) is 0 Å². The van der Waals surface area contributed by atoms with Crippen molar-refractivity contribution >= 4 is 15.9 Å². The second-order valence-corrected chi connectivity index (χ2v) is 8.59. The van der Waals surface area contributed by atoms with E-state index in [0.717, 1.165) is 19.3 Å². The van der Waals surface area contributed by atoms with E-state index < -0.39 is 10.0 Å². The van der Waals surface area contributed by atoms with Crippen LogP contribution < -0.4 is 5.73 Å². The van der Waals surface area contributed by atoms with Gasteiger partial charge in [-0.2, -0.15) is 4.31 Å². The van der Waals surface area contributed by atoms with E-state index in [1.54, 1.807) is 13.0 Å². The first-order chi connectivity index (χ1) is 11.4. The van der Waals surface area contributed by atoms with Crippen LogP contribution in [0.15, 0.2) is 23.1 Å². The summed E-state index contributed by atoms with van der Waals surface area (Å²) in [6, 6.07) is 5.19. The van der Waals surface area contributed by atoms with Crippen molar-refractivity contribution in [3.8, 4) is 0 Å². The second kappa shape index (κ2) is 6.82. The SMILES string of the molecule is C[C@@H](C(N)=O)N1CCN(S(=O)(=O)c2ccc3c(c2)CCCC3)CC1. The minimum absolute atomic E-state index is 0.362. The van der Waals surface area contributed by atoms with Gasteiger partial charge in [-0.25, -0.2) is 8.42 Å². The molecule has 1 aliphatic heterocycles. The molecule has 2 N–H and O–H groups in total. The van der Waals surface area contributed by atoms with Crippen LogP contribution in [-0.2, 0) is 27.7 Å². The summed E-state index contributed by atoms with van der Waals surface area (Å²) >= 11 is 0. The van der Waals surface area contributed by atoms with Gasteiger partial charge in [0.15, 0.2) is 0 Å². The predicted octanol–water partition coefficient (Wildman–Crippen LogP) is 0.746. The van der Waals surface area contributed by atoms with Gasteiger partial charge in [-0.1, -0.05) is 6.07 Å². The monoisotopic (exact) mass is 351 g/mol. The van der Waals surface area contributed by atoms with E-state index in [1.165, 1.54) is 21.9 Å². The molecule has 1 fully saturated rings. The van der Waals surface area contributed by atoms with E-state index in [2.05, 4.69) is 0 Å². The zero-order valence-electron chi connectivity index (χ0n) is 14.1. The van der Waals surface area contributed by atoms with Crippen molar-refractivity contribution in [3.05, 3.63) is 29.3 Å². The predicted molar refractivity (Wildman–Crippen MR) is 92.1 cm³/mol. The van der Waals surface area contributed by atoms with E-state index >= 15 is 0 Å². The van der Waals surface area contributed by atoms with Gasteiger partial charge in [0.2, 0.25) is 15.9 Å². The lowest BCUT2D eigenvalue weighted by Gasteiger charge is -2.36. The first-order valence-electron chi connectivity index (χ1n) is 8.55. The highest BCUT2D eigenvalue weighted by Gasteiger charge is 2.31. The Labute approximate surface area is 143 Å². The fourth-order valence-corrected chi connectivity index (χ4v) is 5.00. The van der Waals surface area contributed by atoms with Gasteiger partial charge in [0, 0.05) is 26.2 Å². The molecule has 1 saturated heterocycles. The summed E-state index contributed by atoms with van der Waals surface area (Å²) < 4.78 is 27.3. The molecule has 1 amide bonds. The molecule has 3 rings (SSSR count). The molecule has 0 aromatic heterocycles. The number of hydrogen-bond acceptors (Lipinski definition) is 4. The van der Waals surface area contributed by atoms with Crippen LogP contribution in [0, 0.1) is 0 Å². The molecule has 6 nitrogen and oxygen atoms in total. The molecule has 1 aromatic carbocycles. The number of carbonyl (C=O) groups is 1. The quantitative estimate of drug-likeness (QED) is 0.867. The molecule has 132 valence electrons. The molecular weight excluding hydrogens is 326 g/mol. The number of aryl methyl sites for hydroxylation is 2. The molecule has 0 spiro atoms. The van der Waals surface area contributed by atoms with Crippen LogP contribution >= 0.6 is 0 Å². The Morgan fingerprint density at radius 2 is 1.71 bits per heavy atom. The summed E-state index contributed by atoms with van der Waals surface area (Å²) in [5.74, 6) is -0.374. The molecule has 24 heavy (non-hydrogen) atoms. The smallest absolute Gasteiger partial charge is 0.243 e. The highest BCUT2D eigenvalue weighted by atomic mass is 32.2. The summed E-state index contributed by atoms with van der Waals surface area (Å²) in [5.41, 5.74) is 7.78. The third kappa shape index (κ3) is 3.34. The maximum Gasteiger partial charge on any atom is 0.243 e. The lowest BCUT2D eigenvalue weighted by atomic mass is 9.92. The highest BCUT2D eigenvalue weighted by Crippen LogP contribution is 2.26. The fraction of sp³-hybridized carbons (Fsp3) is 0.588. The summed E-state index contributed by atoms with van der Waals surface area (Å²) in [6.45, 7) is 3.58. The van der Waals surface area contributed by atoms with Gasteiger partial charge in [-0.05, 0) is 55.9 Å². The molecule has 1 aliphatic carbocycles. The van der Waals surface area contributed by atoms with E-state index in [0.29, 0.717) is 31.1 Å². The second-order valence-electron chi connectivity index (χ2n) is 6.66. The molecule has 2 aliphatic rings. The average Bonchev–Trinajstić information content (AvgIpc) is 2.60. The number of nitrogens with two attached hydrogens (primary N) is 1. The molecule has 1 atom stereocenters. The molecule has 0 radical (unpaired) electrons. The minimum atomic E-state index is -3.47. The first-order valence-corrected chi connectivity index (χ1v) is 9.99. The van der Waals surface area contributed by atoms with Crippen molar-refractivity contribution in [3.63, 3.8) is 0 Å². The molecule has 1 aromatic rings. The molecule has 0 unspecified atom stereocenters. The third-order valence-electron chi connectivity index (χ3n) is 5.19. The number of hydrogen-bond donors (Lipinski definition) is 1. The van der Waals surface area contributed by atoms with Crippen LogP contribution in [0.2, 0.25) is 0 Å². The van der Waals surface area contributed by atoms with Crippen LogP contribution in [0.25, 0.3) is 0 Å². The highest BCUT2D eigenvalue weighted by molar-refractivity contribution is 7.89. The molecule has 7 heteroatoms. The third-order valence-corrected chi connectivity index (χ3v) is 7.09. The fourth-order valence-electron chi connectivity index (χ4n) is 3.53. The number of piperazine rings is 1. The van der Waals surface area contributed by atoms with Gasteiger partial charge in [-0.15, -0.1) is 0 Å². The topological polar surface area (TPSA) is 83.7 Å². The van der Waals surface area contributed by atoms with Gasteiger partial charge in [-0.3, -0.25) is 9.69 Å². The number of benzene rings is 1. The summed E-state index contributed by atoms with van der Waals surface area (Å²) in [4.78, 5) is 13.6. The van der Waals surface area contributed by atoms with Gasteiger partial charge in [0.25, 0.3) is 0 Å². The lowest BCUT2D eigenvalue weighted by molar-refractivity contribution is -0.123. The van der Waals surface area contributed by atoms with Crippen LogP contribution in [0.3, 0.4) is 0 Å². The van der Waals surface area contributed by atoms with Gasteiger partial charge in [0.05, 0.1) is 10.9 Å². The van der Waals surface area contributed by atoms with Gasteiger partial charge in [0.1, 0.15) is 0 Å². The number of primary amides is 1. The van der Waals surface area contributed by atoms with Crippen molar-refractivity contribution in [2.75, 3.05) is 26.2 Å².